The molecule has 1 aromatic heterocycles. The van der Waals surface area contributed by atoms with Crippen LogP contribution in [0.4, 0.5) is 11.6 Å². The highest BCUT2D eigenvalue weighted by molar-refractivity contribution is 5.80. The van der Waals surface area contributed by atoms with Crippen LogP contribution in [0.25, 0.3) is 0 Å². The molecule has 0 aliphatic carbocycles. The number of rotatable bonds is 9. The monoisotopic (exact) mass is 284 g/mol. The van der Waals surface area contributed by atoms with Gasteiger partial charge in [-0.15, -0.1) is 0 Å². The number of hydrogen-bond donors (Lipinski definition) is 4. The Balaban J connectivity index is 2.53. The highest BCUT2D eigenvalue weighted by atomic mass is 16.5. The van der Waals surface area contributed by atoms with Gasteiger partial charge in [-0.3, -0.25) is 4.79 Å². The second-order valence-electron chi connectivity index (χ2n) is 3.83. The first-order valence-electron chi connectivity index (χ1n) is 6.02. The van der Waals surface area contributed by atoms with Gasteiger partial charge in [0.25, 0.3) is 0 Å². The molecular weight excluding hydrogens is 264 g/mol. The molecule has 5 N–H and O–H groups in total. The Morgan fingerprint density at radius 2 is 2.05 bits per heavy atom. The Labute approximate surface area is 117 Å². The van der Waals surface area contributed by atoms with E-state index >= 15 is 0 Å². The third-order valence-corrected chi connectivity index (χ3v) is 2.25. The van der Waals surface area contributed by atoms with Gasteiger partial charge >= 0.3 is 0 Å². The number of nitrogens with two attached hydrogens (primary N) is 1. The molecule has 0 spiro atoms. The molecule has 1 rings (SSSR count). The third kappa shape index (κ3) is 5.78. The summed E-state index contributed by atoms with van der Waals surface area (Å²) in [6.07, 6.45) is 0. The summed E-state index contributed by atoms with van der Waals surface area (Å²) in [6, 6.07) is 1.60. The van der Waals surface area contributed by atoms with Gasteiger partial charge in [-0.05, 0) is 0 Å². The predicted molar refractivity (Wildman–Crippen MR) is 73.9 cm³/mol. The number of nitrogens with one attached hydrogen (secondary N) is 3. The van der Waals surface area contributed by atoms with Crippen molar-refractivity contribution < 1.29 is 14.3 Å². The second kappa shape index (κ2) is 9.02. The summed E-state index contributed by atoms with van der Waals surface area (Å²) in [5.74, 6) is 6.55. The molecule has 9 nitrogen and oxygen atoms in total. The first kappa shape index (κ1) is 16.1. The number of methoxy groups -OCH3 is 2. The molecule has 0 atom stereocenters. The molecular formula is C11H20N6O3. The van der Waals surface area contributed by atoms with Crippen LogP contribution >= 0.6 is 0 Å². The van der Waals surface area contributed by atoms with Gasteiger partial charge < -0.3 is 25.5 Å². The molecule has 0 aliphatic heterocycles. The summed E-state index contributed by atoms with van der Waals surface area (Å²) in [4.78, 5) is 19.8. The van der Waals surface area contributed by atoms with Crippen LogP contribution in [0, 0.1) is 0 Å². The van der Waals surface area contributed by atoms with E-state index in [1.165, 1.54) is 0 Å². The van der Waals surface area contributed by atoms with Crippen molar-refractivity contribution in [3.63, 3.8) is 0 Å². The minimum atomic E-state index is -0.156. The van der Waals surface area contributed by atoms with E-state index in [9.17, 15) is 4.79 Å². The van der Waals surface area contributed by atoms with Crippen molar-refractivity contribution in [2.45, 2.75) is 6.61 Å². The number of ether oxygens (including phenoxy) is 2. The van der Waals surface area contributed by atoms with E-state index in [4.69, 9.17) is 15.3 Å². The van der Waals surface area contributed by atoms with Crippen LogP contribution in [0.2, 0.25) is 0 Å². The summed E-state index contributed by atoms with van der Waals surface area (Å²) >= 11 is 0. The van der Waals surface area contributed by atoms with Gasteiger partial charge in [0, 0.05) is 26.8 Å². The Hall–Kier alpha value is -1.97. The highest BCUT2D eigenvalue weighted by Crippen LogP contribution is 2.10. The van der Waals surface area contributed by atoms with E-state index < -0.39 is 0 Å². The van der Waals surface area contributed by atoms with Gasteiger partial charge in [0.1, 0.15) is 18.2 Å². The number of amides is 1. The quantitative estimate of drug-likeness (QED) is 0.261. The second-order valence-corrected chi connectivity index (χ2v) is 3.83. The molecule has 9 heteroatoms. The number of anilines is 2. The van der Waals surface area contributed by atoms with Crippen LogP contribution in [0.5, 0.6) is 0 Å². The van der Waals surface area contributed by atoms with E-state index in [0.717, 1.165) is 0 Å². The topological polar surface area (TPSA) is 123 Å². The van der Waals surface area contributed by atoms with Crippen LogP contribution in [-0.2, 0) is 20.9 Å². The molecule has 1 aromatic rings. The van der Waals surface area contributed by atoms with Crippen molar-refractivity contribution >= 4 is 17.5 Å². The number of nitrogens with zero attached hydrogens (tertiary/aromatic N) is 2. The zero-order valence-corrected chi connectivity index (χ0v) is 11.6. The normalized spacial score (nSPS) is 10.2. The molecule has 0 bridgehead atoms. The molecule has 1 amide bonds. The van der Waals surface area contributed by atoms with Crippen molar-refractivity contribution in [1.29, 1.82) is 0 Å². The lowest BCUT2D eigenvalue weighted by Gasteiger charge is -2.09. The van der Waals surface area contributed by atoms with Gasteiger partial charge in [0.2, 0.25) is 5.91 Å². The van der Waals surface area contributed by atoms with Crippen LogP contribution in [-0.4, -0.2) is 49.8 Å². The minimum absolute atomic E-state index is 0.0944. The van der Waals surface area contributed by atoms with E-state index in [-0.39, 0.29) is 19.1 Å². The smallest absolute Gasteiger partial charge is 0.239 e. The fraction of sp³-hybridized carbons (Fsp3) is 0.545. The summed E-state index contributed by atoms with van der Waals surface area (Å²) in [5, 5.41) is 5.58. The maximum atomic E-state index is 11.5. The van der Waals surface area contributed by atoms with Gasteiger partial charge in [-0.1, -0.05) is 0 Å². The highest BCUT2D eigenvalue weighted by Gasteiger charge is 2.06. The molecule has 20 heavy (non-hydrogen) atoms. The van der Waals surface area contributed by atoms with Crippen LogP contribution in [0.1, 0.15) is 5.82 Å². The molecule has 0 aromatic carbocycles. The molecule has 0 saturated carbocycles. The molecule has 0 fully saturated rings. The zero-order chi connectivity index (χ0) is 14.8. The Kier molecular flexibility index (Phi) is 7.25. The average molecular weight is 284 g/mol. The Morgan fingerprint density at radius 1 is 1.30 bits per heavy atom. The number of hydrogen-bond acceptors (Lipinski definition) is 8. The summed E-state index contributed by atoms with van der Waals surface area (Å²) in [5.41, 5.74) is 2.43. The third-order valence-electron chi connectivity index (χ3n) is 2.25. The average Bonchev–Trinajstić information content (AvgIpc) is 2.45. The van der Waals surface area contributed by atoms with Gasteiger partial charge in [-0.2, -0.15) is 0 Å². The first-order chi connectivity index (χ1) is 9.69. The first-order valence-corrected chi connectivity index (χ1v) is 6.02. The lowest BCUT2D eigenvalue weighted by molar-refractivity contribution is -0.119. The minimum Gasteiger partial charge on any atom is -0.383 e. The van der Waals surface area contributed by atoms with E-state index in [1.54, 1.807) is 20.3 Å². The van der Waals surface area contributed by atoms with Crippen molar-refractivity contribution in [3.8, 4) is 0 Å². The van der Waals surface area contributed by atoms with Crippen LogP contribution in [0.3, 0.4) is 0 Å². The fourth-order valence-electron chi connectivity index (χ4n) is 1.38. The van der Waals surface area contributed by atoms with E-state index in [0.29, 0.717) is 30.6 Å². The van der Waals surface area contributed by atoms with Gasteiger partial charge in [-0.25, -0.2) is 15.8 Å². The Morgan fingerprint density at radius 3 is 2.70 bits per heavy atom. The molecule has 112 valence electrons. The van der Waals surface area contributed by atoms with Crippen LogP contribution in [0.15, 0.2) is 6.07 Å². The van der Waals surface area contributed by atoms with Gasteiger partial charge in [0.15, 0.2) is 5.82 Å². The predicted octanol–water partition coefficient (Wildman–Crippen LogP) is -0.917. The number of carbonyl (C=O) groups is 1. The summed E-state index contributed by atoms with van der Waals surface area (Å²) in [6.45, 7) is 1.28. The molecule has 1 heterocycles. The summed E-state index contributed by atoms with van der Waals surface area (Å²) < 4.78 is 9.80. The lowest BCUT2D eigenvalue weighted by atomic mass is 10.4. The fourth-order valence-corrected chi connectivity index (χ4v) is 1.38. The number of carbonyl (C=O) groups excluding carboxylic acids is 1. The van der Waals surface area contributed by atoms with Crippen molar-refractivity contribution in [2.24, 2.45) is 5.84 Å². The van der Waals surface area contributed by atoms with Crippen molar-refractivity contribution in [2.75, 3.05) is 44.7 Å². The standard InChI is InChI=1S/C11H20N6O3/c1-19-4-3-13-11(18)6-14-8-5-9(17-12)16-10(15-8)7-20-2/h5H,3-4,6-7,12H2,1-2H3,(H,13,18)(H2,14,15,16,17). The number of hydrazine groups is 1. The summed E-state index contributed by atoms with van der Waals surface area (Å²) in [7, 11) is 3.12. The van der Waals surface area contributed by atoms with Crippen molar-refractivity contribution in [1.82, 2.24) is 15.3 Å². The van der Waals surface area contributed by atoms with Crippen LogP contribution < -0.4 is 21.9 Å². The van der Waals surface area contributed by atoms with Crippen molar-refractivity contribution in [3.05, 3.63) is 11.9 Å². The Bertz CT molecular complexity index is 429. The SMILES string of the molecule is COCCNC(=O)CNc1cc(NN)nc(COC)n1. The molecule has 0 radical (unpaired) electrons. The molecule has 0 saturated heterocycles. The maximum Gasteiger partial charge on any atom is 0.239 e. The lowest BCUT2D eigenvalue weighted by Crippen LogP contribution is -2.32. The van der Waals surface area contributed by atoms with Gasteiger partial charge in [0.05, 0.1) is 13.2 Å². The number of aromatic nitrogens is 2. The maximum absolute atomic E-state index is 11.5. The van der Waals surface area contributed by atoms with E-state index in [1.807, 2.05) is 0 Å². The number of nitrogen functional groups attached to an aromatic ring is 1. The van der Waals surface area contributed by atoms with E-state index in [2.05, 4.69) is 26.0 Å². The zero-order valence-electron chi connectivity index (χ0n) is 11.6. The molecule has 0 aliphatic rings. The molecule has 0 unspecified atom stereocenters. The largest absolute Gasteiger partial charge is 0.383 e.